The van der Waals surface area contributed by atoms with Gasteiger partial charge in [0.05, 0.1) is 18.7 Å². The van der Waals surface area contributed by atoms with Crippen molar-refractivity contribution in [2.75, 3.05) is 57.4 Å². The average molecular weight is 413 g/mol. The Morgan fingerprint density at radius 2 is 1.57 bits per heavy atom. The summed E-state index contributed by atoms with van der Waals surface area (Å²) < 4.78 is 60.1. The van der Waals surface area contributed by atoms with Crippen molar-refractivity contribution >= 4 is 26.9 Å². The Morgan fingerprint density at radius 3 is 2.25 bits per heavy atom. The largest absolute Gasteiger partial charge is 0.379 e. The summed E-state index contributed by atoms with van der Waals surface area (Å²) in [6.07, 6.45) is -2.77. The third kappa shape index (κ3) is 3.66. The van der Waals surface area contributed by atoms with E-state index in [0.29, 0.717) is 56.1 Å². The lowest BCUT2D eigenvalue weighted by Crippen LogP contribution is -2.55. The molecule has 0 atom stereocenters. The minimum atomic E-state index is -3.55. The third-order valence-corrected chi connectivity index (χ3v) is 6.99. The molecule has 0 saturated carbocycles. The van der Waals surface area contributed by atoms with Crippen LogP contribution in [0.3, 0.4) is 0 Å². The number of hydrogen-bond acceptors (Lipinski definition) is 6. The van der Waals surface area contributed by atoms with Gasteiger partial charge in [0, 0.05) is 44.7 Å². The van der Waals surface area contributed by atoms with E-state index < -0.39 is 22.5 Å². The summed E-state index contributed by atoms with van der Waals surface area (Å²) in [5.41, 5.74) is 0.450. The van der Waals surface area contributed by atoms with E-state index >= 15 is 0 Å². The van der Waals surface area contributed by atoms with Crippen LogP contribution >= 0.6 is 0 Å². The van der Waals surface area contributed by atoms with Crippen LogP contribution in [-0.2, 0) is 14.9 Å². The van der Waals surface area contributed by atoms with Gasteiger partial charge in [-0.05, 0) is 12.1 Å². The minimum absolute atomic E-state index is 0.266. The molecule has 2 fully saturated rings. The second-order valence-electron chi connectivity index (χ2n) is 6.63. The minimum Gasteiger partial charge on any atom is -0.379 e. The van der Waals surface area contributed by atoms with Gasteiger partial charge in [0.15, 0.2) is 5.82 Å². The average Bonchev–Trinajstić information content (AvgIpc) is 2.73. The number of alkyl halides is 2. The van der Waals surface area contributed by atoms with Gasteiger partial charge in [-0.25, -0.2) is 18.7 Å². The fourth-order valence-corrected chi connectivity index (χ4v) is 5.05. The van der Waals surface area contributed by atoms with Crippen molar-refractivity contribution in [3.05, 3.63) is 30.1 Å². The number of hydrogen-bond donors (Lipinski definition) is 0. The molecule has 2 saturated heterocycles. The molecule has 1 aromatic carbocycles. The number of morpholine rings is 1. The quantitative estimate of drug-likeness (QED) is 0.751. The lowest BCUT2D eigenvalue weighted by atomic mass is 10.2. The van der Waals surface area contributed by atoms with E-state index in [-0.39, 0.29) is 13.1 Å². The van der Waals surface area contributed by atoms with Gasteiger partial charge in [0.1, 0.15) is 5.82 Å². The Morgan fingerprint density at radius 1 is 0.929 bits per heavy atom. The maximum Gasteiger partial charge on any atom is 0.297 e. The van der Waals surface area contributed by atoms with Crippen LogP contribution in [0.4, 0.5) is 14.6 Å². The summed E-state index contributed by atoms with van der Waals surface area (Å²) in [5.74, 6) is -0.0959. The standard InChI is InChI=1S/C17H21F2N5O3S/c18-15(19)16-20-14-4-2-1-3-13(14)17(21-16)22-5-7-23(8-6-22)28(25,26)24-9-11-27-12-10-24/h1-4,15H,5-12H2. The predicted octanol–water partition coefficient (Wildman–Crippen LogP) is 1.27. The number of ether oxygens (including phenoxy) is 1. The van der Waals surface area contributed by atoms with Crippen LogP contribution in [0.1, 0.15) is 12.2 Å². The Kier molecular flexibility index (Phi) is 5.41. The van der Waals surface area contributed by atoms with E-state index in [9.17, 15) is 17.2 Å². The monoisotopic (exact) mass is 413 g/mol. The van der Waals surface area contributed by atoms with Crippen molar-refractivity contribution in [2.24, 2.45) is 0 Å². The molecule has 11 heteroatoms. The molecule has 1 aromatic heterocycles. The number of piperazine rings is 1. The highest BCUT2D eigenvalue weighted by Gasteiger charge is 2.34. The summed E-state index contributed by atoms with van der Waals surface area (Å²) in [5, 5.41) is 0.677. The molecular formula is C17H21F2N5O3S. The van der Waals surface area contributed by atoms with Crippen LogP contribution in [-0.4, -0.2) is 79.5 Å². The molecular weight excluding hydrogens is 392 g/mol. The van der Waals surface area contributed by atoms with Gasteiger partial charge in [0.25, 0.3) is 16.6 Å². The fraction of sp³-hybridized carbons (Fsp3) is 0.529. The van der Waals surface area contributed by atoms with E-state index in [0.717, 1.165) is 0 Å². The number of aromatic nitrogens is 2. The number of anilines is 1. The second kappa shape index (κ2) is 7.82. The predicted molar refractivity (Wildman–Crippen MR) is 99.6 cm³/mol. The molecule has 0 bridgehead atoms. The van der Waals surface area contributed by atoms with E-state index in [1.54, 1.807) is 24.3 Å². The number of nitrogens with zero attached hydrogens (tertiary/aromatic N) is 5. The first-order chi connectivity index (χ1) is 13.5. The molecule has 4 rings (SSSR count). The topological polar surface area (TPSA) is 78.9 Å². The molecule has 2 aliphatic rings. The first kappa shape index (κ1) is 19.4. The highest BCUT2D eigenvalue weighted by molar-refractivity contribution is 7.86. The molecule has 2 aliphatic heterocycles. The van der Waals surface area contributed by atoms with Gasteiger partial charge in [-0.1, -0.05) is 12.1 Å². The molecule has 3 heterocycles. The maximum absolute atomic E-state index is 13.2. The van der Waals surface area contributed by atoms with Gasteiger partial charge in [-0.15, -0.1) is 0 Å². The molecule has 28 heavy (non-hydrogen) atoms. The van der Waals surface area contributed by atoms with Crippen LogP contribution < -0.4 is 4.90 Å². The maximum atomic E-state index is 13.2. The molecule has 0 N–H and O–H groups in total. The number of rotatable bonds is 4. The Bertz CT molecular complexity index is 945. The van der Waals surface area contributed by atoms with Crippen molar-refractivity contribution in [1.82, 2.24) is 18.6 Å². The van der Waals surface area contributed by atoms with Crippen LogP contribution in [0, 0.1) is 0 Å². The van der Waals surface area contributed by atoms with Gasteiger partial charge in [0.2, 0.25) is 0 Å². The number of para-hydroxylation sites is 1. The van der Waals surface area contributed by atoms with Crippen LogP contribution in [0.5, 0.6) is 0 Å². The first-order valence-electron chi connectivity index (χ1n) is 9.09. The number of fused-ring (bicyclic) bond motifs is 1. The highest BCUT2D eigenvalue weighted by Crippen LogP contribution is 2.28. The summed E-state index contributed by atoms with van der Waals surface area (Å²) in [6.45, 7) is 2.74. The number of halogens is 2. The van der Waals surface area contributed by atoms with E-state index in [4.69, 9.17) is 4.74 Å². The summed E-state index contributed by atoms with van der Waals surface area (Å²) in [6, 6.07) is 7.00. The van der Waals surface area contributed by atoms with Crippen LogP contribution in [0.25, 0.3) is 10.9 Å². The van der Waals surface area contributed by atoms with Gasteiger partial charge in [-0.3, -0.25) is 0 Å². The smallest absolute Gasteiger partial charge is 0.297 e. The summed E-state index contributed by atoms with van der Waals surface area (Å²) in [4.78, 5) is 9.85. The molecule has 0 aliphatic carbocycles. The summed E-state index contributed by atoms with van der Waals surface area (Å²) in [7, 11) is -3.55. The second-order valence-corrected chi connectivity index (χ2v) is 8.56. The third-order valence-electron chi connectivity index (χ3n) is 4.96. The molecule has 0 amide bonds. The van der Waals surface area contributed by atoms with Gasteiger partial charge < -0.3 is 9.64 Å². The van der Waals surface area contributed by atoms with Crippen molar-refractivity contribution in [1.29, 1.82) is 0 Å². The number of benzene rings is 1. The molecule has 152 valence electrons. The zero-order chi connectivity index (χ0) is 19.7. The molecule has 0 spiro atoms. The fourth-order valence-electron chi connectivity index (χ4n) is 3.49. The van der Waals surface area contributed by atoms with Gasteiger partial charge >= 0.3 is 0 Å². The normalized spacial score (nSPS) is 20.2. The molecule has 8 nitrogen and oxygen atoms in total. The van der Waals surface area contributed by atoms with E-state index in [1.807, 2.05) is 4.90 Å². The van der Waals surface area contributed by atoms with E-state index in [1.165, 1.54) is 8.61 Å². The van der Waals surface area contributed by atoms with Crippen LogP contribution in [0.2, 0.25) is 0 Å². The van der Waals surface area contributed by atoms with Crippen molar-refractivity contribution in [2.45, 2.75) is 6.43 Å². The first-order valence-corrected chi connectivity index (χ1v) is 10.5. The molecule has 2 aromatic rings. The lowest BCUT2D eigenvalue weighted by Gasteiger charge is -2.38. The van der Waals surface area contributed by atoms with Gasteiger partial charge in [-0.2, -0.15) is 17.0 Å². The van der Waals surface area contributed by atoms with Crippen molar-refractivity contribution in [3.8, 4) is 0 Å². The van der Waals surface area contributed by atoms with Crippen molar-refractivity contribution < 1.29 is 21.9 Å². The van der Waals surface area contributed by atoms with E-state index in [2.05, 4.69) is 9.97 Å². The molecule has 0 radical (unpaired) electrons. The Labute approximate surface area is 161 Å². The Hall–Kier alpha value is -1.95. The zero-order valence-corrected chi connectivity index (χ0v) is 16.0. The highest BCUT2D eigenvalue weighted by atomic mass is 32.2. The Balaban J connectivity index is 1.55. The zero-order valence-electron chi connectivity index (χ0n) is 15.2. The lowest BCUT2D eigenvalue weighted by molar-refractivity contribution is 0.0700. The van der Waals surface area contributed by atoms with Crippen LogP contribution in [0.15, 0.2) is 24.3 Å². The summed E-state index contributed by atoms with van der Waals surface area (Å²) >= 11 is 0. The van der Waals surface area contributed by atoms with Crippen molar-refractivity contribution in [3.63, 3.8) is 0 Å². The SMILES string of the molecule is O=S(=O)(N1CCOCC1)N1CCN(c2nc(C(F)F)nc3ccccc23)CC1. The molecule has 0 unspecified atom stereocenters.